The molecule has 0 unspecified atom stereocenters. The van der Waals surface area contributed by atoms with E-state index in [1.54, 1.807) is 0 Å². The molecule has 4 heteroatoms. The summed E-state index contributed by atoms with van der Waals surface area (Å²) >= 11 is 3.43. The zero-order chi connectivity index (χ0) is 10.1. The van der Waals surface area contributed by atoms with Gasteiger partial charge in [0.2, 0.25) is 0 Å². The summed E-state index contributed by atoms with van der Waals surface area (Å²) in [6, 6.07) is 6.04. The molecule has 2 aromatic rings. The molecule has 1 aromatic heterocycles. The average molecular weight is 255 g/mol. The Morgan fingerprint density at radius 1 is 1.50 bits per heavy atom. The molecule has 0 saturated carbocycles. The topological polar surface area (TPSA) is 38.0 Å². The normalized spacial score (nSPS) is 11.1. The largest absolute Gasteiger partial charge is 0.394 e. The lowest BCUT2D eigenvalue weighted by atomic mass is 10.2. The van der Waals surface area contributed by atoms with Crippen molar-refractivity contribution in [3.63, 3.8) is 0 Å². The van der Waals surface area contributed by atoms with Gasteiger partial charge >= 0.3 is 0 Å². The number of hydrogen-bond donors (Lipinski definition) is 1. The van der Waals surface area contributed by atoms with Gasteiger partial charge in [0.25, 0.3) is 0 Å². The highest BCUT2D eigenvalue weighted by atomic mass is 79.9. The van der Waals surface area contributed by atoms with Gasteiger partial charge < -0.3 is 5.11 Å². The predicted octanol–water partition coefficient (Wildman–Crippen LogP) is 2.10. The summed E-state index contributed by atoms with van der Waals surface area (Å²) < 4.78 is 2.88. The number of aryl methyl sites for hydroxylation is 1. The van der Waals surface area contributed by atoms with Crippen LogP contribution in [-0.2, 0) is 6.54 Å². The van der Waals surface area contributed by atoms with Crippen LogP contribution in [0.25, 0.3) is 10.9 Å². The van der Waals surface area contributed by atoms with Crippen LogP contribution in [0.4, 0.5) is 0 Å². The minimum absolute atomic E-state index is 0.117. The predicted molar refractivity (Wildman–Crippen MR) is 59.3 cm³/mol. The molecule has 1 heterocycles. The molecule has 0 aliphatic carbocycles. The van der Waals surface area contributed by atoms with Crippen LogP contribution in [0.1, 0.15) is 5.69 Å². The van der Waals surface area contributed by atoms with Crippen molar-refractivity contribution < 1.29 is 5.11 Å². The van der Waals surface area contributed by atoms with Gasteiger partial charge in [-0.15, -0.1) is 0 Å². The van der Waals surface area contributed by atoms with Crippen LogP contribution < -0.4 is 0 Å². The van der Waals surface area contributed by atoms with Crippen LogP contribution in [0, 0.1) is 6.92 Å². The second-order valence-electron chi connectivity index (χ2n) is 3.19. The lowest BCUT2D eigenvalue weighted by molar-refractivity contribution is 0.271. The fourth-order valence-electron chi connectivity index (χ4n) is 1.58. The molecule has 0 aliphatic heterocycles. The molecular weight excluding hydrogens is 244 g/mol. The van der Waals surface area contributed by atoms with Gasteiger partial charge in [-0.05, 0) is 25.1 Å². The maximum atomic E-state index is 8.87. The second kappa shape index (κ2) is 3.71. The van der Waals surface area contributed by atoms with Crippen molar-refractivity contribution in [1.29, 1.82) is 0 Å². The smallest absolute Gasteiger partial charge is 0.0687 e. The van der Waals surface area contributed by atoms with E-state index >= 15 is 0 Å². The molecule has 0 saturated heterocycles. The maximum Gasteiger partial charge on any atom is 0.0687 e. The summed E-state index contributed by atoms with van der Waals surface area (Å²) in [5.74, 6) is 0. The first-order chi connectivity index (χ1) is 6.72. The van der Waals surface area contributed by atoms with Gasteiger partial charge in [0.05, 0.1) is 24.4 Å². The lowest BCUT2D eigenvalue weighted by Gasteiger charge is -1.99. The summed E-state index contributed by atoms with van der Waals surface area (Å²) in [6.45, 7) is 2.64. The fourth-order valence-corrected chi connectivity index (χ4v) is 1.94. The molecule has 2 rings (SSSR count). The zero-order valence-corrected chi connectivity index (χ0v) is 9.45. The number of nitrogens with zero attached hydrogens (tertiary/aromatic N) is 2. The number of aliphatic hydroxyl groups is 1. The number of hydrogen-bond acceptors (Lipinski definition) is 2. The van der Waals surface area contributed by atoms with Crippen LogP contribution in [-0.4, -0.2) is 21.5 Å². The number of rotatable bonds is 2. The van der Waals surface area contributed by atoms with Gasteiger partial charge in [-0.1, -0.05) is 15.9 Å². The minimum atomic E-state index is 0.117. The van der Waals surface area contributed by atoms with Gasteiger partial charge in [0.1, 0.15) is 0 Å². The van der Waals surface area contributed by atoms with E-state index in [4.69, 9.17) is 5.11 Å². The van der Waals surface area contributed by atoms with Crippen LogP contribution >= 0.6 is 15.9 Å². The molecule has 0 atom stereocenters. The molecule has 1 N–H and O–H groups in total. The Hall–Kier alpha value is -0.870. The van der Waals surface area contributed by atoms with Crippen LogP contribution in [0.15, 0.2) is 22.7 Å². The van der Waals surface area contributed by atoms with E-state index in [9.17, 15) is 0 Å². The Morgan fingerprint density at radius 2 is 2.29 bits per heavy atom. The molecule has 3 nitrogen and oxygen atoms in total. The molecule has 0 aliphatic rings. The number of benzene rings is 1. The SMILES string of the molecule is Cc1nn(CCO)c2ccc(Br)cc12. The summed E-state index contributed by atoms with van der Waals surface area (Å²) in [7, 11) is 0. The highest BCUT2D eigenvalue weighted by molar-refractivity contribution is 9.10. The second-order valence-corrected chi connectivity index (χ2v) is 4.11. The quantitative estimate of drug-likeness (QED) is 0.892. The minimum Gasteiger partial charge on any atom is -0.394 e. The average Bonchev–Trinajstić information content (AvgIpc) is 2.44. The van der Waals surface area contributed by atoms with E-state index in [0.717, 1.165) is 21.1 Å². The van der Waals surface area contributed by atoms with Gasteiger partial charge in [-0.25, -0.2) is 0 Å². The Kier molecular flexibility index (Phi) is 2.56. The van der Waals surface area contributed by atoms with Crippen LogP contribution in [0.3, 0.4) is 0 Å². The van der Waals surface area contributed by atoms with Gasteiger partial charge in [-0.2, -0.15) is 5.10 Å². The van der Waals surface area contributed by atoms with E-state index in [0.29, 0.717) is 6.54 Å². The molecule has 1 aromatic carbocycles. The number of fused-ring (bicyclic) bond motifs is 1. The van der Waals surface area contributed by atoms with Crippen molar-refractivity contribution in [3.8, 4) is 0 Å². The summed E-state index contributed by atoms with van der Waals surface area (Å²) in [4.78, 5) is 0. The number of halogens is 1. The third-order valence-corrected chi connectivity index (χ3v) is 2.70. The molecule has 0 spiro atoms. The van der Waals surface area contributed by atoms with Gasteiger partial charge in [-0.3, -0.25) is 4.68 Å². The number of aliphatic hydroxyl groups excluding tert-OH is 1. The van der Waals surface area contributed by atoms with Gasteiger partial charge in [0, 0.05) is 9.86 Å². The Balaban J connectivity index is 2.65. The van der Waals surface area contributed by atoms with Crippen molar-refractivity contribution in [1.82, 2.24) is 9.78 Å². The van der Waals surface area contributed by atoms with E-state index in [1.807, 2.05) is 29.8 Å². The van der Waals surface area contributed by atoms with Crippen LogP contribution in [0.5, 0.6) is 0 Å². The molecular formula is C10H11BrN2O. The van der Waals surface area contributed by atoms with Crippen molar-refractivity contribution >= 4 is 26.8 Å². The third-order valence-electron chi connectivity index (χ3n) is 2.21. The lowest BCUT2D eigenvalue weighted by Crippen LogP contribution is -2.03. The summed E-state index contributed by atoms with van der Waals surface area (Å²) in [5.41, 5.74) is 2.06. The van der Waals surface area contributed by atoms with E-state index < -0.39 is 0 Å². The first-order valence-corrected chi connectivity index (χ1v) is 5.25. The third kappa shape index (κ3) is 1.55. The van der Waals surface area contributed by atoms with Gasteiger partial charge in [0.15, 0.2) is 0 Å². The van der Waals surface area contributed by atoms with Crippen molar-refractivity contribution in [2.45, 2.75) is 13.5 Å². The van der Waals surface area contributed by atoms with Crippen molar-refractivity contribution in [3.05, 3.63) is 28.4 Å². The molecule has 14 heavy (non-hydrogen) atoms. The maximum absolute atomic E-state index is 8.87. The zero-order valence-electron chi connectivity index (χ0n) is 7.87. The molecule has 0 fully saturated rings. The number of aromatic nitrogens is 2. The highest BCUT2D eigenvalue weighted by Crippen LogP contribution is 2.22. The summed E-state index contributed by atoms with van der Waals surface area (Å²) in [5, 5.41) is 14.4. The molecule has 0 amide bonds. The van der Waals surface area contributed by atoms with E-state index in [-0.39, 0.29) is 6.61 Å². The molecule has 0 radical (unpaired) electrons. The fraction of sp³-hybridized carbons (Fsp3) is 0.300. The first kappa shape index (κ1) is 9.68. The Labute approximate surface area is 90.5 Å². The Morgan fingerprint density at radius 3 is 3.00 bits per heavy atom. The molecule has 74 valence electrons. The van der Waals surface area contributed by atoms with Crippen LogP contribution in [0.2, 0.25) is 0 Å². The monoisotopic (exact) mass is 254 g/mol. The Bertz CT molecular complexity index is 464. The first-order valence-electron chi connectivity index (χ1n) is 4.46. The highest BCUT2D eigenvalue weighted by Gasteiger charge is 2.06. The molecule has 0 bridgehead atoms. The van der Waals surface area contributed by atoms with E-state index in [1.165, 1.54) is 0 Å². The van der Waals surface area contributed by atoms with Crippen molar-refractivity contribution in [2.24, 2.45) is 0 Å². The van der Waals surface area contributed by atoms with E-state index in [2.05, 4.69) is 21.0 Å². The van der Waals surface area contributed by atoms with Crippen molar-refractivity contribution in [2.75, 3.05) is 6.61 Å². The summed E-state index contributed by atoms with van der Waals surface area (Å²) in [6.07, 6.45) is 0. The standard InChI is InChI=1S/C10H11BrN2O/c1-7-9-6-8(11)2-3-10(9)13(12-7)4-5-14/h2-3,6,14H,4-5H2,1H3.